The first-order chi connectivity index (χ1) is 11.5. The van der Waals surface area contributed by atoms with Crippen LogP contribution < -0.4 is 5.32 Å². The summed E-state index contributed by atoms with van der Waals surface area (Å²) < 4.78 is 0.950. The molecule has 0 radical (unpaired) electrons. The van der Waals surface area contributed by atoms with E-state index in [1.54, 1.807) is 0 Å². The number of hydrogen-bond acceptors (Lipinski definition) is 2. The maximum atomic E-state index is 12.8. The third-order valence-electron chi connectivity index (χ3n) is 3.76. The molecule has 2 aromatic carbocycles. The first-order valence-electron chi connectivity index (χ1n) is 7.96. The number of aryl methyl sites for hydroxylation is 1. The SMILES string of the molecule is Cc1ccc(Br)cc1NC(=O)N(CCN(C)C)Cc1ccccc1. The second-order valence-corrected chi connectivity index (χ2v) is 7.02. The largest absolute Gasteiger partial charge is 0.322 e. The van der Waals surface area contributed by atoms with E-state index in [2.05, 4.69) is 26.1 Å². The minimum atomic E-state index is -0.0816. The van der Waals surface area contributed by atoms with Crippen molar-refractivity contribution >= 4 is 27.6 Å². The maximum Gasteiger partial charge on any atom is 0.322 e. The lowest BCUT2D eigenvalue weighted by atomic mass is 10.2. The lowest BCUT2D eigenvalue weighted by Crippen LogP contribution is -2.39. The maximum absolute atomic E-state index is 12.8. The molecule has 0 aliphatic carbocycles. The highest BCUT2D eigenvalue weighted by atomic mass is 79.9. The Morgan fingerprint density at radius 3 is 2.46 bits per heavy atom. The zero-order valence-electron chi connectivity index (χ0n) is 14.4. The first-order valence-corrected chi connectivity index (χ1v) is 8.76. The van der Waals surface area contributed by atoms with Gasteiger partial charge in [-0.15, -0.1) is 0 Å². The number of nitrogens with one attached hydrogen (secondary N) is 1. The quantitative estimate of drug-likeness (QED) is 0.796. The van der Waals surface area contributed by atoms with Gasteiger partial charge in [0.15, 0.2) is 0 Å². The molecule has 128 valence electrons. The van der Waals surface area contributed by atoms with Crippen molar-refractivity contribution in [1.29, 1.82) is 0 Å². The van der Waals surface area contributed by atoms with Gasteiger partial charge in [0.2, 0.25) is 0 Å². The van der Waals surface area contributed by atoms with Gasteiger partial charge in [-0.25, -0.2) is 4.79 Å². The summed E-state index contributed by atoms with van der Waals surface area (Å²) in [6.45, 7) is 4.06. The minimum absolute atomic E-state index is 0.0816. The fourth-order valence-corrected chi connectivity index (χ4v) is 2.66. The summed E-state index contributed by atoms with van der Waals surface area (Å²) in [5, 5.41) is 3.03. The van der Waals surface area contributed by atoms with E-state index in [9.17, 15) is 4.79 Å². The molecule has 0 aromatic heterocycles. The molecule has 0 spiro atoms. The highest BCUT2D eigenvalue weighted by Crippen LogP contribution is 2.21. The van der Waals surface area contributed by atoms with Crippen molar-refractivity contribution in [3.05, 3.63) is 64.1 Å². The number of benzene rings is 2. The van der Waals surface area contributed by atoms with Crippen LogP contribution in [0.2, 0.25) is 0 Å². The van der Waals surface area contributed by atoms with Crippen LogP contribution in [0, 0.1) is 6.92 Å². The van der Waals surface area contributed by atoms with Crippen LogP contribution in [-0.2, 0) is 6.54 Å². The molecule has 5 heteroatoms. The number of halogens is 1. The summed E-state index contributed by atoms with van der Waals surface area (Å²) in [6.07, 6.45) is 0. The van der Waals surface area contributed by atoms with Crippen LogP contribution >= 0.6 is 15.9 Å². The average Bonchev–Trinajstić information content (AvgIpc) is 2.55. The van der Waals surface area contributed by atoms with Gasteiger partial charge in [0.1, 0.15) is 0 Å². The Hall–Kier alpha value is -1.85. The molecular weight excluding hydrogens is 366 g/mol. The van der Waals surface area contributed by atoms with Crippen LogP contribution in [0.3, 0.4) is 0 Å². The monoisotopic (exact) mass is 389 g/mol. The molecule has 4 nitrogen and oxygen atoms in total. The van der Waals surface area contributed by atoms with E-state index in [1.165, 1.54) is 0 Å². The van der Waals surface area contributed by atoms with Gasteiger partial charge in [0, 0.05) is 29.8 Å². The molecule has 0 bridgehead atoms. The van der Waals surface area contributed by atoms with Gasteiger partial charge in [0.25, 0.3) is 0 Å². The van der Waals surface area contributed by atoms with E-state index in [-0.39, 0.29) is 6.03 Å². The van der Waals surface area contributed by atoms with Gasteiger partial charge in [-0.3, -0.25) is 0 Å². The fourth-order valence-electron chi connectivity index (χ4n) is 2.30. The average molecular weight is 390 g/mol. The van der Waals surface area contributed by atoms with Crippen molar-refractivity contribution in [1.82, 2.24) is 9.80 Å². The third-order valence-corrected chi connectivity index (χ3v) is 4.26. The van der Waals surface area contributed by atoms with Crippen LogP contribution in [-0.4, -0.2) is 43.0 Å². The normalized spacial score (nSPS) is 10.7. The van der Waals surface area contributed by atoms with Crippen molar-refractivity contribution in [2.24, 2.45) is 0 Å². The Morgan fingerprint density at radius 2 is 1.79 bits per heavy atom. The number of urea groups is 1. The molecule has 0 aliphatic heterocycles. The number of likely N-dealkylation sites (N-methyl/N-ethyl adjacent to an activating group) is 1. The second kappa shape index (κ2) is 8.85. The predicted octanol–water partition coefficient (Wildman–Crippen LogP) is 4.35. The van der Waals surface area contributed by atoms with Crippen LogP contribution in [0.1, 0.15) is 11.1 Å². The zero-order valence-corrected chi connectivity index (χ0v) is 16.0. The molecule has 0 unspecified atom stereocenters. The number of carbonyl (C=O) groups excluding carboxylic acids is 1. The summed E-state index contributed by atoms with van der Waals surface area (Å²) in [7, 11) is 4.02. The molecule has 0 saturated carbocycles. The molecule has 0 atom stereocenters. The van der Waals surface area contributed by atoms with Crippen molar-refractivity contribution in [2.45, 2.75) is 13.5 Å². The topological polar surface area (TPSA) is 35.6 Å². The number of anilines is 1. The zero-order chi connectivity index (χ0) is 17.5. The molecule has 24 heavy (non-hydrogen) atoms. The van der Waals surface area contributed by atoms with Gasteiger partial charge in [-0.05, 0) is 44.3 Å². The number of nitrogens with zero attached hydrogens (tertiary/aromatic N) is 2. The Bertz CT molecular complexity index is 674. The Balaban J connectivity index is 2.12. The van der Waals surface area contributed by atoms with E-state index in [4.69, 9.17) is 0 Å². The predicted molar refractivity (Wildman–Crippen MR) is 103 cm³/mol. The summed E-state index contributed by atoms with van der Waals surface area (Å²) in [6, 6.07) is 15.9. The number of amides is 2. The molecule has 0 heterocycles. The third kappa shape index (κ3) is 5.65. The highest BCUT2D eigenvalue weighted by molar-refractivity contribution is 9.10. The Labute approximate surface area is 152 Å². The molecule has 0 fully saturated rings. The highest BCUT2D eigenvalue weighted by Gasteiger charge is 2.15. The van der Waals surface area contributed by atoms with Crippen LogP contribution in [0.4, 0.5) is 10.5 Å². The molecule has 0 aliphatic rings. The van der Waals surface area contributed by atoms with E-state index in [1.807, 2.05) is 74.4 Å². The van der Waals surface area contributed by atoms with Crippen LogP contribution in [0.25, 0.3) is 0 Å². The van der Waals surface area contributed by atoms with Crippen LogP contribution in [0.5, 0.6) is 0 Å². The molecule has 1 N–H and O–H groups in total. The van der Waals surface area contributed by atoms with E-state index in [0.717, 1.165) is 27.8 Å². The van der Waals surface area contributed by atoms with Gasteiger partial charge in [0.05, 0.1) is 0 Å². The van der Waals surface area contributed by atoms with Crippen molar-refractivity contribution in [3.63, 3.8) is 0 Å². The molecule has 2 aromatic rings. The lowest BCUT2D eigenvalue weighted by Gasteiger charge is -2.25. The van der Waals surface area contributed by atoms with E-state index < -0.39 is 0 Å². The van der Waals surface area contributed by atoms with Crippen molar-refractivity contribution in [2.75, 3.05) is 32.5 Å². The number of rotatable bonds is 6. The Morgan fingerprint density at radius 1 is 1.08 bits per heavy atom. The smallest absolute Gasteiger partial charge is 0.319 e. The first kappa shape index (κ1) is 18.5. The minimum Gasteiger partial charge on any atom is -0.319 e. The second-order valence-electron chi connectivity index (χ2n) is 6.10. The van der Waals surface area contributed by atoms with Crippen molar-refractivity contribution < 1.29 is 4.79 Å². The van der Waals surface area contributed by atoms with Gasteiger partial charge in [-0.1, -0.05) is 52.3 Å². The van der Waals surface area contributed by atoms with Crippen LogP contribution in [0.15, 0.2) is 53.0 Å². The van der Waals surface area contributed by atoms with Gasteiger partial charge >= 0.3 is 6.03 Å². The molecular formula is C19H24BrN3O. The van der Waals surface area contributed by atoms with Crippen molar-refractivity contribution in [3.8, 4) is 0 Å². The summed E-state index contributed by atoms with van der Waals surface area (Å²) in [4.78, 5) is 16.7. The lowest BCUT2D eigenvalue weighted by molar-refractivity contribution is 0.202. The molecule has 2 amide bonds. The van der Waals surface area contributed by atoms with Gasteiger partial charge < -0.3 is 15.1 Å². The van der Waals surface area contributed by atoms with E-state index >= 15 is 0 Å². The van der Waals surface area contributed by atoms with Gasteiger partial charge in [-0.2, -0.15) is 0 Å². The number of hydrogen-bond donors (Lipinski definition) is 1. The molecule has 2 rings (SSSR count). The summed E-state index contributed by atoms with van der Waals surface area (Å²) >= 11 is 3.46. The molecule has 0 saturated heterocycles. The summed E-state index contributed by atoms with van der Waals surface area (Å²) in [5.41, 5.74) is 2.99. The summed E-state index contributed by atoms with van der Waals surface area (Å²) in [5.74, 6) is 0. The fraction of sp³-hybridized carbons (Fsp3) is 0.316. The van der Waals surface area contributed by atoms with E-state index in [0.29, 0.717) is 13.1 Å². The Kier molecular flexibility index (Phi) is 6.82. The standard InChI is InChI=1S/C19H24BrN3O/c1-15-9-10-17(20)13-18(15)21-19(24)23(12-11-22(2)3)14-16-7-5-4-6-8-16/h4-10,13H,11-12,14H2,1-3H3,(H,21,24). The number of carbonyl (C=O) groups is 1.